The number of rotatable bonds is 4. The molecule has 2 amide bonds. The minimum atomic E-state index is -1.26. The Hall–Kier alpha value is -1.30. The molecule has 0 aromatic heterocycles. The summed E-state index contributed by atoms with van der Waals surface area (Å²) < 4.78 is 0. The van der Waals surface area contributed by atoms with Gasteiger partial charge >= 0.3 is 12.0 Å². The lowest BCUT2D eigenvalue weighted by Crippen LogP contribution is -2.47. The number of nitrogens with one attached hydrogen (secondary N) is 2. The Balaban J connectivity index is 3.85. The van der Waals surface area contributed by atoms with Crippen molar-refractivity contribution >= 4 is 12.0 Å². The van der Waals surface area contributed by atoms with Crippen LogP contribution in [0.1, 0.15) is 6.92 Å². The monoisotopic (exact) mass is 176 g/mol. The molecular weight excluding hydrogens is 164 g/mol. The van der Waals surface area contributed by atoms with Crippen LogP contribution in [0.25, 0.3) is 0 Å². The lowest BCUT2D eigenvalue weighted by Gasteiger charge is -2.11. The third kappa shape index (κ3) is 3.77. The molecule has 0 bridgehead atoms. The molecule has 0 aliphatic heterocycles. The zero-order valence-corrected chi connectivity index (χ0v) is 6.70. The van der Waals surface area contributed by atoms with Gasteiger partial charge in [0.2, 0.25) is 0 Å². The van der Waals surface area contributed by atoms with Crippen molar-refractivity contribution in [2.75, 3.05) is 13.2 Å². The van der Waals surface area contributed by atoms with E-state index in [1.165, 1.54) is 0 Å². The van der Waals surface area contributed by atoms with Gasteiger partial charge in [-0.3, -0.25) is 0 Å². The number of aliphatic hydroxyl groups is 1. The molecule has 0 fully saturated rings. The molecule has 1 atom stereocenters. The van der Waals surface area contributed by atoms with Crippen molar-refractivity contribution in [2.45, 2.75) is 13.0 Å². The smallest absolute Gasteiger partial charge is 0.328 e. The second-order valence-electron chi connectivity index (χ2n) is 2.08. The topological polar surface area (TPSA) is 98.7 Å². The molecule has 70 valence electrons. The second-order valence-corrected chi connectivity index (χ2v) is 2.08. The second kappa shape index (κ2) is 5.36. The zero-order chi connectivity index (χ0) is 9.56. The number of carboxylic acid groups (broad SMARTS) is 1. The Morgan fingerprint density at radius 3 is 2.42 bits per heavy atom. The molecule has 0 unspecified atom stereocenters. The third-order valence-electron chi connectivity index (χ3n) is 1.12. The van der Waals surface area contributed by atoms with Crippen LogP contribution in [-0.4, -0.2) is 41.4 Å². The summed E-state index contributed by atoms with van der Waals surface area (Å²) in [6.07, 6.45) is 0. The quantitative estimate of drug-likeness (QED) is 0.430. The fourth-order valence-corrected chi connectivity index (χ4v) is 0.555. The standard InChI is InChI=1S/C6H12N2O4/c1-2-7-6(12)8-4(3-9)5(10)11/h4,9H,2-3H2,1H3,(H,10,11)(H2,7,8,12)/t4-/m0/s1. The molecule has 0 spiro atoms. The molecule has 0 aliphatic carbocycles. The predicted molar refractivity (Wildman–Crippen MR) is 40.7 cm³/mol. The number of hydrogen-bond donors (Lipinski definition) is 4. The largest absolute Gasteiger partial charge is 0.480 e. The minimum Gasteiger partial charge on any atom is -0.480 e. The minimum absolute atomic E-state index is 0.406. The van der Waals surface area contributed by atoms with Crippen LogP contribution in [0.2, 0.25) is 0 Å². The molecule has 0 rings (SSSR count). The number of hydrogen-bond acceptors (Lipinski definition) is 3. The number of carboxylic acids is 1. The van der Waals surface area contributed by atoms with Crippen LogP contribution in [0.15, 0.2) is 0 Å². The van der Waals surface area contributed by atoms with Gasteiger partial charge in [0.25, 0.3) is 0 Å². The predicted octanol–water partition coefficient (Wildman–Crippen LogP) is -1.25. The zero-order valence-electron chi connectivity index (χ0n) is 6.70. The van der Waals surface area contributed by atoms with Gasteiger partial charge in [-0.15, -0.1) is 0 Å². The number of aliphatic carboxylic acids is 1. The summed E-state index contributed by atoms with van der Waals surface area (Å²) in [5.74, 6) is -1.26. The SMILES string of the molecule is CCNC(=O)N[C@@H](CO)C(=O)O. The number of amides is 2. The molecule has 12 heavy (non-hydrogen) atoms. The van der Waals surface area contributed by atoms with Gasteiger partial charge < -0.3 is 20.8 Å². The summed E-state index contributed by atoms with van der Waals surface area (Å²) in [6.45, 7) is 1.49. The van der Waals surface area contributed by atoms with Crippen molar-refractivity contribution < 1.29 is 19.8 Å². The van der Waals surface area contributed by atoms with Crippen LogP contribution in [0.4, 0.5) is 4.79 Å². The summed E-state index contributed by atoms with van der Waals surface area (Å²) in [6, 6.07) is -1.84. The van der Waals surface area contributed by atoms with Gasteiger partial charge in [0.15, 0.2) is 6.04 Å². The highest BCUT2D eigenvalue weighted by Crippen LogP contribution is 1.81. The van der Waals surface area contributed by atoms with E-state index in [-0.39, 0.29) is 0 Å². The highest BCUT2D eigenvalue weighted by Gasteiger charge is 2.17. The summed E-state index contributed by atoms with van der Waals surface area (Å²) in [7, 11) is 0. The highest BCUT2D eigenvalue weighted by molar-refractivity contribution is 5.82. The Bertz CT molecular complexity index is 171. The van der Waals surface area contributed by atoms with Crippen LogP contribution >= 0.6 is 0 Å². The molecule has 0 aliphatic rings. The molecule has 6 heteroatoms. The van der Waals surface area contributed by atoms with Crippen LogP contribution in [0.3, 0.4) is 0 Å². The van der Waals surface area contributed by atoms with Crippen molar-refractivity contribution in [3.8, 4) is 0 Å². The lowest BCUT2D eigenvalue weighted by molar-refractivity contribution is -0.140. The van der Waals surface area contributed by atoms with Gasteiger partial charge in [0.1, 0.15) is 0 Å². The van der Waals surface area contributed by atoms with Gasteiger partial charge in [-0.05, 0) is 6.92 Å². The molecule has 0 aromatic rings. The first-order valence-electron chi connectivity index (χ1n) is 3.49. The molecule has 0 heterocycles. The summed E-state index contributed by atoms with van der Waals surface area (Å²) in [5, 5.41) is 21.3. The maximum atomic E-state index is 10.7. The fourth-order valence-electron chi connectivity index (χ4n) is 0.555. The van der Waals surface area contributed by atoms with Gasteiger partial charge in [-0.25, -0.2) is 9.59 Å². The number of carbonyl (C=O) groups excluding carboxylic acids is 1. The number of urea groups is 1. The van der Waals surface area contributed by atoms with E-state index in [2.05, 4.69) is 10.6 Å². The molecule has 4 N–H and O–H groups in total. The average Bonchev–Trinajstić information content (AvgIpc) is 2.00. The van der Waals surface area contributed by atoms with Crippen molar-refractivity contribution in [2.24, 2.45) is 0 Å². The Kier molecular flexibility index (Phi) is 4.78. The van der Waals surface area contributed by atoms with Crippen molar-refractivity contribution in [1.82, 2.24) is 10.6 Å². The van der Waals surface area contributed by atoms with E-state index in [4.69, 9.17) is 10.2 Å². The first-order chi connectivity index (χ1) is 5.61. The maximum Gasteiger partial charge on any atom is 0.328 e. The first kappa shape index (κ1) is 10.7. The van der Waals surface area contributed by atoms with E-state index in [1.807, 2.05) is 0 Å². The van der Waals surface area contributed by atoms with Crippen LogP contribution in [-0.2, 0) is 4.79 Å². The van der Waals surface area contributed by atoms with E-state index in [0.717, 1.165) is 0 Å². The molecule has 6 nitrogen and oxygen atoms in total. The van der Waals surface area contributed by atoms with Crippen LogP contribution in [0, 0.1) is 0 Å². The van der Waals surface area contributed by atoms with Crippen molar-refractivity contribution in [3.63, 3.8) is 0 Å². The molecule has 0 saturated carbocycles. The van der Waals surface area contributed by atoms with Gasteiger partial charge in [-0.1, -0.05) is 0 Å². The Morgan fingerprint density at radius 2 is 2.08 bits per heavy atom. The lowest BCUT2D eigenvalue weighted by atomic mass is 10.3. The summed E-state index contributed by atoms with van der Waals surface area (Å²) in [4.78, 5) is 21.0. The highest BCUT2D eigenvalue weighted by atomic mass is 16.4. The van der Waals surface area contributed by atoms with E-state index >= 15 is 0 Å². The third-order valence-corrected chi connectivity index (χ3v) is 1.12. The average molecular weight is 176 g/mol. The van der Waals surface area contributed by atoms with E-state index in [9.17, 15) is 9.59 Å². The molecule has 0 radical (unpaired) electrons. The molecule has 0 saturated heterocycles. The summed E-state index contributed by atoms with van der Waals surface area (Å²) >= 11 is 0. The van der Waals surface area contributed by atoms with E-state index in [0.29, 0.717) is 6.54 Å². The van der Waals surface area contributed by atoms with Crippen LogP contribution < -0.4 is 10.6 Å². The van der Waals surface area contributed by atoms with Gasteiger partial charge in [0, 0.05) is 6.54 Å². The van der Waals surface area contributed by atoms with Gasteiger partial charge in [-0.2, -0.15) is 0 Å². The van der Waals surface area contributed by atoms with Crippen molar-refractivity contribution in [1.29, 1.82) is 0 Å². The van der Waals surface area contributed by atoms with E-state index < -0.39 is 24.6 Å². The first-order valence-corrected chi connectivity index (χ1v) is 3.49. The molecular formula is C6H12N2O4. The van der Waals surface area contributed by atoms with Crippen molar-refractivity contribution in [3.05, 3.63) is 0 Å². The summed E-state index contributed by atoms with van der Waals surface area (Å²) in [5.41, 5.74) is 0. The fraction of sp³-hybridized carbons (Fsp3) is 0.667. The van der Waals surface area contributed by atoms with E-state index in [1.54, 1.807) is 6.92 Å². The normalized spacial score (nSPS) is 11.8. The maximum absolute atomic E-state index is 10.7. The Labute approximate surface area is 69.6 Å². The van der Waals surface area contributed by atoms with Gasteiger partial charge in [0.05, 0.1) is 6.61 Å². The Morgan fingerprint density at radius 1 is 1.50 bits per heavy atom. The number of aliphatic hydroxyl groups excluding tert-OH is 1. The number of carbonyl (C=O) groups is 2. The van der Waals surface area contributed by atoms with Crippen LogP contribution in [0.5, 0.6) is 0 Å². The molecule has 0 aromatic carbocycles.